The number of carboxylic acid groups (broad SMARTS) is 1. The summed E-state index contributed by atoms with van der Waals surface area (Å²) < 4.78 is 15.5. The number of hydrogen-bond donors (Lipinski definition) is 5. The van der Waals surface area contributed by atoms with E-state index in [1.807, 2.05) is 0 Å². The van der Waals surface area contributed by atoms with Crippen molar-refractivity contribution in [3.8, 4) is 0 Å². The lowest BCUT2D eigenvalue weighted by molar-refractivity contribution is -0.143. The van der Waals surface area contributed by atoms with E-state index in [-0.39, 0.29) is 24.4 Å². The van der Waals surface area contributed by atoms with Crippen LogP contribution in [-0.4, -0.2) is 124 Å². The molecule has 0 aliphatic carbocycles. The molecule has 14 nitrogen and oxygen atoms in total. The Labute approximate surface area is 241 Å². The zero-order valence-corrected chi connectivity index (χ0v) is 24.1. The van der Waals surface area contributed by atoms with Crippen LogP contribution in [0.5, 0.6) is 0 Å². The van der Waals surface area contributed by atoms with Gasteiger partial charge >= 0.3 is 5.97 Å². The largest absolute Gasteiger partial charge is 0.481 e. The van der Waals surface area contributed by atoms with Crippen molar-refractivity contribution in [3.63, 3.8) is 0 Å². The minimum atomic E-state index is -1.24. The van der Waals surface area contributed by atoms with Crippen LogP contribution in [0, 0.1) is 0 Å². The van der Waals surface area contributed by atoms with Crippen LogP contribution in [0.4, 0.5) is 0 Å². The zero-order chi connectivity index (χ0) is 29.9. The molecule has 234 valence electrons. The highest BCUT2D eigenvalue weighted by Crippen LogP contribution is 2.21. The van der Waals surface area contributed by atoms with Crippen molar-refractivity contribution in [1.29, 1.82) is 0 Å². The first-order chi connectivity index (χ1) is 19.8. The van der Waals surface area contributed by atoms with Crippen LogP contribution in [0.1, 0.15) is 57.8 Å². The van der Waals surface area contributed by atoms with Crippen molar-refractivity contribution >= 4 is 29.6 Å². The Bertz CT molecular complexity index is 838. The fraction of sp³-hybridized carbons (Fsp3) is 0.815. The van der Waals surface area contributed by atoms with E-state index in [0.717, 1.165) is 19.4 Å². The molecular weight excluding hydrogens is 538 g/mol. The molecule has 2 aliphatic rings. The van der Waals surface area contributed by atoms with Gasteiger partial charge in [0, 0.05) is 33.2 Å². The van der Waals surface area contributed by atoms with Gasteiger partial charge in [-0.25, -0.2) is 0 Å². The summed E-state index contributed by atoms with van der Waals surface area (Å²) in [5.41, 5.74) is 0. The summed E-state index contributed by atoms with van der Waals surface area (Å²) in [5, 5.41) is 20.4. The number of hydrogen-bond acceptors (Lipinski definition) is 9. The lowest BCUT2D eigenvalue weighted by Gasteiger charge is -2.28. The number of unbranched alkanes of at least 4 members (excludes halogenated alkanes) is 2. The minimum absolute atomic E-state index is 0.0821. The number of nitrogens with zero attached hydrogens (tertiary/aromatic N) is 1. The number of aliphatic carboxylic acids is 1. The van der Waals surface area contributed by atoms with E-state index in [1.165, 1.54) is 4.90 Å². The van der Waals surface area contributed by atoms with Gasteiger partial charge < -0.3 is 45.5 Å². The Morgan fingerprint density at radius 2 is 1.68 bits per heavy atom. The molecule has 0 spiro atoms. The number of carboxylic acids is 1. The van der Waals surface area contributed by atoms with Crippen LogP contribution in [0.25, 0.3) is 0 Å². The predicted molar refractivity (Wildman–Crippen MR) is 148 cm³/mol. The number of likely N-dealkylation sites (tertiary alicyclic amines) is 1. The van der Waals surface area contributed by atoms with E-state index in [9.17, 15) is 29.1 Å². The minimum Gasteiger partial charge on any atom is -0.481 e. The second-order valence-corrected chi connectivity index (χ2v) is 10.2. The summed E-state index contributed by atoms with van der Waals surface area (Å²) in [4.78, 5) is 63.3. The quantitative estimate of drug-likeness (QED) is 0.106. The molecule has 14 heteroatoms. The van der Waals surface area contributed by atoms with Gasteiger partial charge in [0.15, 0.2) is 0 Å². The molecule has 0 aromatic rings. The molecule has 0 aromatic carbocycles. The standard InChI is InChI=1S/C27H47N5O9/c1-39-15-16-41-18-17-40-14-12-29-23(33)9-3-2-4-10-30-25(36)21(19-24(34)35)31-26(37)22-8-6-13-32(22)27(38)20-7-5-11-28-20/h20-22,28H,2-19H2,1H3,(H,29,33)(H,30,36)(H,31,37)(H,34,35)/t20-,21-,22-/m0/s1. The van der Waals surface area contributed by atoms with Gasteiger partial charge in [-0.1, -0.05) is 6.42 Å². The summed E-state index contributed by atoms with van der Waals surface area (Å²) in [7, 11) is 1.61. The molecule has 0 bridgehead atoms. The first kappa shape index (κ1) is 34.4. The van der Waals surface area contributed by atoms with Crippen LogP contribution in [0.15, 0.2) is 0 Å². The molecule has 5 N–H and O–H groups in total. The number of amides is 4. The van der Waals surface area contributed by atoms with E-state index in [2.05, 4.69) is 21.3 Å². The summed E-state index contributed by atoms with van der Waals surface area (Å²) in [6.07, 6.45) is 4.46. The Kier molecular flexibility index (Phi) is 16.9. The third-order valence-corrected chi connectivity index (χ3v) is 6.96. The van der Waals surface area contributed by atoms with Crippen molar-refractivity contribution < 1.29 is 43.3 Å². The molecule has 2 aliphatic heterocycles. The molecule has 0 unspecified atom stereocenters. The zero-order valence-electron chi connectivity index (χ0n) is 24.1. The molecule has 4 amide bonds. The highest BCUT2D eigenvalue weighted by molar-refractivity contribution is 5.94. The fourth-order valence-corrected chi connectivity index (χ4v) is 4.79. The molecular formula is C27H47N5O9. The molecule has 2 saturated heterocycles. The Balaban J connectivity index is 1.61. The van der Waals surface area contributed by atoms with Gasteiger partial charge in [0.05, 0.1) is 45.5 Å². The van der Waals surface area contributed by atoms with E-state index in [4.69, 9.17) is 14.2 Å². The van der Waals surface area contributed by atoms with Gasteiger partial charge in [-0.05, 0) is 45.1 Å². The van der Waals surface area contributed by atoms with E-state index >= 15 is 0 Å². The number of rotatable bonds is 21. The Morgan fingerprint density at radius 3 is 2.39 bits per heavy atom. The van der Waals surface area contributed by atoms with Gasteiger partial charge in [-0.2, -0.15) is 0 Å². The average molecular weight is 586 g/mol. The van der Waals surface area contributed by atoms with Crippen LogP contribution in [0.2, 0.25) is 0 Å². The normalized spacial score (nSPS) is 19.1. The lowest BCUT2D eigenvalue weighted by Crippen LogP contribution is -2.55. The van der Waals surface area contributed by atoms with Gasteiger partial charge in [0.1, 0.15) is 12.1 Å². The summed E-state index contributed by atoms with van der Waals surface area (Å²) in [5.74, 6) is -2.52. The second-order valence-electron chi connectivity index (χ2n) is 10.2. The van der Waals surface area contributed by atoms with Crippen molar-refractivity contribution in [1.82, 2.24) is 26.2 Å². The van der Waals surface area contributed by atoms with Crippen LogP contribution < -0.4 is 21.3 Å². The number of carbonyl (C=O) groups excluding carboxylic acids is 4. The van der Waals surface area contributed by atoms with Crippen LogP contribution in [-0.2, 0) is 38.2 Å². The van der Waals surface area contributed by atoms with E-state index in [1.54, 1.807) is 7.11 Å². The first-order valence-electron chi connectivity index (χ1n) is 14.6. The summed E-state index contributed by atoms with van der Waals surface area (Å²) in [6, 6.07) is -2.26. The van der Waals surface area contributed by atoms with Gasteiger partial charge in [-0.15, -0.1) is 0 Å². The van der Waals surface area contributed by atoms with Gasteiger partial charge in [-0.3, -0.25) is 24.0 Å². The number of methoxy groups -OCH3 is 1. The third-order valence-electron chi connectivity index (χ3n) is 6.96. The first-order valence-corrected chi connectivity index (χ1v) is 14.6. The second kappa shape index (κ2) is 20.1. The third kappa shape index (κ3) is 13.6. The fourth-order valence-electron chi connectivity index (χ4n) is 4.79. The molecule has 0 aromatic heterocycles. The van der Waals surface area contributed by atoms with Crippen molar-refractivity contribution in [2.45, 2.75) is 75.9 Å². The maximum atomic E-state index is 13.0. The van der Waals surface area contributed by atoms with E-state index < -0.39 is 36.3 Å². The molecule has 41 heavy (non-hydrogen) atoms. The highest BCUT2D eigenvalue weighted by Gasteiger charge is 2.39. The lowest BCUT2D eigenvalue weighted by atomic mass is 10.1. The molecule has 0 radical (unpaired) electrons. The Morgan fingerprint density at radius 1 is 0.927 bits per heavy atom. The van der Waals surface area contributed by atoms with Crippen molar-refractivity contribution in [3.05, 3.63) is 0 Å². The number of ether oxygens (including phenoxy) is 3. The molecule has 0 saturated carbocycles. The summed E-state index contributed by atoms with van der Waals surface area (Å²) >= 11 is 0. The molecule has 2 rings (SSSR count). The van der Waals surface area contributed by atoms with E-state index in [0.29, 0.717) is 84.6 Å². The van der Waals surface area contributed by atoms with Crippen LogP contribution in [0.3, 0.4) is 0 Å². The van der Waals surface area contributed by atoms with Crippen molar-refractivity contribution in [2.75, 3.05) is 66.3 Å². The topological polar surface area (TPSA) is 185 Å². The number of nitrogens with one attached hydrogen (secondary N) is 4. The molecule has 2 fully saturated rings. The highest BCUT2D eigenvalue weighted by atomic mass is 16.5. The Hall–Kier alpha value is -2.81. The SMILES string of the molecule is COCCOCCOCCNC(=O)CCCCCNC(=O)[C@H](CC(=O)O)NC(=O)[C@@H]1CCCN1C(=O)[C@@H]1CCCN1. The predicted octanol–water partition coefficient (Wildman–Crippen LogP) is -0.839. The smallest absolute Gasteiger partial charge is 0.305 e. The number of carbonyl (C=O) groups is 5. The molecule has 2 heterocycles. The van der Waals surface area contributed by atoms with Gasteiger partial charge in [0.2, 0.25) is 23.6 Å². The van der Waals surface area contributed by atoms with Gasteiger partial charge in [0.25, 0.3) is 0 Å². The molecule has 3 atom stereocenters. The average Bonchev–Trinajstić information content (AvgIpc) is 3.66. The summed E-state index contributed by atoms with van der Waals surface area (Å²) in [6.45, 7) is 4.28. The van der Waals surface area contributed by atoms with Crippen LogP contribution >= 0.6 is 0 Å². The van der Waals surface area contributed by atoms with Crippen molar-refractivity contribution in [2.24, 2.45) is 0 Å². The monoisotopic (exact) mass is 585 g/mol. The maximum absolute atomic E-state index is 13.0. The maximum Gasteiger partial charge on any atom is 0.305 e.